The van der Waals surface area contributed by atoms with E-state index in [-0.39, 0.29) is 62.6 Å². The molecule has 1 saturated heterocycles. The Morgan fingerprint density at radius 1 is 0.532 bits per heavy atom. The Balaban J connectivity index is 0.000000351. The van der Waals surface area contributed by atoms with Crippen molar-refractivity contribution < 1.29 is 68.5 Å². The molecule has 0 radical (unpaired) electrons. The maximum Gasteiger partial charge on any atom is 1.00 e. The molecule has 77 heavy (non-hydrogen) atoms. The molecule has 1 fully saturated rings. The van der Waals surface area contributed by atoms with E-state index in [1.807, 2.05) is 133 Å². The second-order valence-electron chi connectivity index (χ2n) is 16.2. The zero-order valence-electron chi connectivity index (χ0n) is 43.3. The van der Waals surface area contributed by atoms with E-state index >= 15 is 0 Å². The number of ether oxygens (including phenoxy) is 6. The van der Waals surface area contributed by atoms with Gasteiger partial charge in [-0.1, -0.05) is 140 Å². The second kappa shape index (κ2) is 38.4. The van der Waals surface area contributed by atoms with Crippen LogP contribution in [0, 0.1) is 0 Å². The van der Waals surface area contributed by atoms with Crippen molar-refractivity contribution in [3.8, 4) is 28.7 Å². The zero-order valence-corrected chi connectivity index (χ0v) is 48.6. The molecule has 0 amide bonds. The van der Waals surface area contributed by atoms with Crippen molar-refractivity contribution in [3.05, 3.63) is 251 Å². The molecule has 9 rings (SSSR count). The second-order valence-corrected chi connectivity index (χ2v) is 19.6. The number of aryl methyl sites for hydroxylation is 1. The molecule has 0 unspecified atom stereocenters. The Morgan fingerprint density at radius 2 is 0.948 bits per heavy atom. The van der Waals surface area contributed by atoms with Crippen molar-refractivity contribution in [2.45, 2.75) is 59.2 Å². The summed E-state index contributed by atoms with van der Waals surface area (Å²) >= 11 is 13.5. The number of aromatic hydroxyl groups is 1. The molecule has 1 aliphatic heterocycles. The van der Waals surface area contributed by atoms with Crippen LogP contribution in [0.25, 0.3) is 0 Å². The minimum atomic E-state index is -0.362. The van der Waals surface area contributed by atoms with Crippen molar-refractivity contribution in [2.75, 3.05) is 13.2 Å². The van der Waals surface area contributed by atoms with Crippen LogP contribution in [0.1, 0.15) is 64.9 Å². The van der Waals surface area contributed by atoms with E-state index in [1.54, 1.807) is 18.2 Å². The summed E-state index contributed by atoms with van der Waals surface area (Å²) in [7, 11) is 0. The molecule has 0 spiro atoms. The average molecular weight is 1310 g/mol. The first-order chi connectivity index (χ1) is 36.5. The van der Waals surface area contributed by atoms with E-state index in [1.165, 1.54) is 42.2 Å². The van der Waals surface area contributed by atoms with Gasteiger partial charge in [0.15, 0.2) is 17.4 Å². The Hall–Kier alpha value is -5.13. The summed E-state index contributed by atoms with van der Waals surface area (Å²) in [6.45, 7) is 6.38. The van der Waals surface area contributed by atoms with Crippen molar-refractivity contribution in [1.29, 1.82) is 0 Å². The van der Waals surface area contributed by atoms with Crippen molar-refractivity contribution in [1.82, 2.24) is 0 Å². The molecule has 398 valence electrons. The van der Waals surface area contributed by atoms with Gasteiger partial charge in [0, 0.05) is 13.2 Å². The smallest absolute Gasteiger partial charge is 1.00 e. The first-order valence-corrected chi connectivity index (χ1v) is 27.1. The molecule has 8 aromatic rings. The van der Waals surface area contributed by atoms with Gasteiger partial charge in [-0.15, -0.1) is 0 Å². The molecule has 2 N–H and O–H groups in total. The molecule has 0 saturated carbocycles. The van der Waals surface area contributed by atoms with Crippen LogP contribution in [0.3, 0.4) is 0 Å². The van der Waals surface area contributed by atoms with E-state index in [2.05, 4.69) is 99.6 Å². The molecule has 0 aliphatic carbocycles. The first kappa shape index (κ1) is 66.2. The number of carbonyl (C=O) groups excluding carboxylic acids is 2. The van der Waals surface area contributed by atoms with Gasteiger partial charge in [-0.3, -0.25) is 4.79 Å². The van der Waals surface area contributed by atoms with Crippen LogP contribution in [-0.2, 0) is 53.7 Å². The van der Waals surface area contributed by atoms with Gasteiger partial charge in [0.2, 0.25) is 0 Å². The molecule has 10 nitrogen and oxygen atoms in total. The van der Waals surface area contributed by atoms with Crippen LogP contribution in [0.4, 0.5) is 0 Å². The van der Waals surface area contributed by atoms with Crippen molar-refractivity contribution in [2.24, 2.45) is 0 Å². The molecule has 1 aliphatic rings. The van der Waals surface area contributed by atoms with Gasteiger partial charge in [0.05, 0.1) is 30.1 Å². The van der Waals surface area contributed by atoms with Crippen LogP contribution in [0.15, 0.2) is 212 Å². The Morgan fingerprint density at radius 3 is 1.32 bits per heavy atom. The fraction of sp³-hybridized carbons (Fsp3) is 0.180. The van der Waals surface area contributed by atoms with Gasteiger partial charge < -0.3 is 40.1 Å². The number of hydrogen-bond donors (Lipinski definition) is 2. The first-order valence-electron chi connectivity index (χ1n) is 23.9. The minimum Gasteiger partial charge on any atom is -1.00 e. The summed E-state index contributed by atoms with van der Waals surface area (Å²) in [5.74, 6) is 2.51. The summed E-state index contributed by atoms with van der Waals surface area (Å²) in [5, 5.41) is 18.0. The predicted octanol–water partition coefficient (Wildman–Crippen LogP) is 11.9. The standard InChI is InChI=1S/C21H17BrO3.C15H15BrO.C14H13BrO2.C7H5BrO3.C4H8O.Al.Li.4H/c22-19-13-18(21(23)25-15-17-9-5-2-6-10-17)11-12-20(19)24-14-16-7-3-1-4-8-16;1-2-12-8-9-15(14(16)10-12)17-11-13-6-4-3-5-7-13;15-13-8-12(9-16)6-7-14(13)17-10-11-4-2-1-3-5-11;8-6-3-5(11-4-9)1-2-7(6)10;1-2-4-5-3-1;;;;;;/h1-13H,14-15H2;3-10H,2,11H2,1H3;1-8,16H,9-10H2;1-4,10H;1-4H2;;;;;;/q;;;;;;+1;;;;-1. The fourth-order valence-electron chi connectivity index (χ4n) is 6.53. The van der Waals surface area contributed by atoms with Gasteiger partial charge in [0.25, 0.3) is 6.47 Å². The van der Waals surface area contributed by atoms with Gasteiger partial charge in [0.1, 0.15) is 55.2 Å². The van der Waals surface area contributed by atoms with E-state index in [0.29, 0.717) is 47.8 Å². The molecule has 0 atom stereocenters. The quantitative estimate of drug-likeness (QED) is 0.0548. The topological polar surface area (TPSA) is 130 Å². The summed E-state index contributed by atoms with van der Waals surface area (Å²) in [5.41, 5.74) is 7.01. The molecule has 16 heteroatoms. The Bertz CT molecular complexity index is 2830. The van der Waals surface area contributed by atoms with Crippen LogP contribution in [-0.4, -0.2) is 53.2 Å². The number of phenolic OH excluding ortho intramolecular Hbond substituents is 1. The largest absolute Gasteiger partial charge is 1.00 e. The number of carbonyl (C=O) groups is 2. The molecule has 0 aromatic heterocycles. The van der Waals surface area contributed by atoms with Gasteiger partial charge in [-0.2, -0.15) is 0 Å². The number of esters is 1. The van der Waals surface area contributed by atoms with Gasteiger partial charge in [-0.05, 0) is 177 Å². The maximum absolute atomic E-state index is 12.2. The number of aliphatic hydroxyl groups excluding tert-OH is 1. The Labute approximate surface area is 509 Å². The normalized spacial score (nSPS) is 10.7. The van der Waals surface area contributed by atoms with Gasteiger partial charge >= 0.3 is 24.8 Å². The summed E-state index contributed by atoms with van der Waals surface area (Å²) < 4.78 is 35.2. The number of aliphatic hydroxyl groups is 1. The fourth-order valence-corrected chi connectivity index (χ4v) is 8.46. The van der Waals surface area contributed by atoms with E-state index in [4.69, 9.17) is 33.9 Å². The zero-order chi connectivity index (χ0) is 53.5. The maximum atomic E-state index is 12.2. The summed E-state index contributed by atoms with van der Waals surface area (Å²) in [6.07, 6.45) is 3.59. The number of benzene rings is 8. The molecular formula is C61H62AlBr4LiO10. The average Bonchev–Trinajstić information content (AvgIpc) is 4.05. The number of phenols is 1. The minimum absolute atomic E-state index is 0. The van der Waals surface area contributed by atoms with Crippen LogP contribution >= 0.6 is 63.7 Å². The van der Waals surface area contributed by atoms with Gasteiger partial charge in [-0.25, -0.2) is 4.79 Å². The number of rotatable bonds is 16. The third kappa shape index (κ3) is 25.5. The molecule has 1 heterocycles. The summed E-state index contributed by atoms with van der Waals surface area (Å²) in [6, 6.07) is 61.1. The molecular weight excluding hydrogens is 1250 g/mol. The monoisotopic (exact) mass is 1300 g/mol. The van der Waals surface area contributed by atoms with Crippen LogP contribution < -0.4 is 37.8 Å². The van der Waals surface area contributed by atoms with E-state index < -0.39 is 0 Å². The third-order valence-electron chi connectivity index (χ3n) is 10.6. The predicted molar refractivity (Wildman–Crippen MR) is 319 cm³/mol. The van der Waals surface area contributed by atoms with E-state index in [9.17, 15) is 9.59 Å². The third-order valence-corrected chi connectivity index (χ3v) is 13.1. The van der Waals surface area contributed by atoms with Crippen molar-refractivity contribution in [3.63, 3.8) is 0 Å². The summed E-state index contributed by atoms with van der Waals surface area (Å²) in [4.78, 5) is 22.0. The molecule has 0 bridgehead atoms. The van der Waals surface area contributed by atoms with E-state index in [0.717, 1.165) is 66.8 Å². The SMILES string of the molecule is C1CCOC1.CCc1ccc(OCc2ccccc2)c(Br)c1.O=C(OCc1ccccc1)c1ccc(OCc2ccccc2)c(Br)c1.O=COc1ccc(O)c(Br)c1.OCc1ccc(OCc2ccccc2)c(Br)c1.[AlH3].[H-].[Li+]. The molecule has 8 aromatic carbocycles. The Kier molecular flexibility index (Phi) is 33.0. The van der Waals surface area contributed by atoms with Crippen LogP contribution in [0.5, 0.6) is 28.7 Å². The van der Waals surface area contributed by atoms with Crippen molar-refractivity contribution >= 4 is 93.5 Å². The number of halogens is 4. The van der Waals surface area contributed by atoms with Crippen LogP contribution in [0.2, 0.25) is 0 Å². The number of hydrogen-bond acceptors (Lipinski definition) is 10.